The van der Waals surface area contributed by atoms with Crippen LogP contribution in [0.25, 0.3) is 0 Å². The number of benzene rings is 2. The third-order valence-corrected chi connectivity index (χ3v) is 4.92. The first kappa shape index (κ1) is 18.1. The van der Waals surface area contributed by atoms with E-state index in [9.17, 15) is 9.59 Å². The van der Waals surface area contributed by atoms with E-state index >= 15 is 0 Å². The summed E-state index contributed by atoms with van der Waals surface area (Å²) in [6.07, 6.45) is 1.02. The molecular formula is C21H25N3O2. The molecule has 0 aliphatic carbocycles. The zero-order valence-corrected chi connectivity index (χ0v) is 15.5. The van der Waals surface area contributed by atoms with Gasteiger partial charge in [-0.05, 0) is 43.7 Å². The molecule has 0 fully saturated rings. The quantitative estimate of drug-likeness (QED) is 0.901. The third kappa shape index (κ3) is 3.78. The standard InChI is InChI=1S/C21H25N3O2/c1-4-16-9-11-17(12-10-16)13-23(3)15(2)21(26)24-14-20(25)22-18-7-5-6-8-19(18)24/h5-12,15H,4,13-14H2,1-3H3,(H,22,25)/t15-/m1/s1. The molecule has 0 saturated carbocycles. The van der Waals surface area contributed by atoms with Crippen LogP contribution >= 0.6 is 0 Å². The highest BCUT2D eigenvalue weighted by molar-refractivity contribution is 6.11. The Hall–Kier alpha value is -2.66. The van der Waals surface area contributed by atoms with Crippen LogP contribution in [-0.4, -0.2) is 36.3 Å². The van der Waals surface area contributed by atoms with Crippen molar-refractivity contribution in [2.75, 3.05) is 23.8 Å². The van der Waals surface area contributed by atoms with Crippen LogP contribution in [0.1, 0.15) is 25.0 Å². The molecule has 0 bridgehead atoms. The summed E-state index contributed by atoms with van der Waals surface area (Å²) in [5.41, 5.74) is 3.91. The predicted molar refractivity (Wildman–Crippen MR) is 104 cm³/mol. The average Bonchev–Trinajstić information content (AvgIpc) is 2.66. The number of hydrogen-bond donors (Lipinski definition) is 1. The Balaban J connectivity index is 1.73. The molecule has 1 N–H and O–H groups in total. The summed E-state index contributed by atoms with van der Waals surface area (Å²) in [5, 5.41) is 2.82. The molecule has 3 rings (SSSR count). The molecule has 136 valence electrons. The molecule has 0 spiro atoms. The molecule has 1 aliphatic rings. The van der Waals surface area contributed by atoms with Crippen molar-refractivity contribution in [3.63, 3.8) is 0 Å². The van der Waals surface area contributed by atoms with Crippen LogP contribution in [0, 0.1) is 0 Å². The van der Waals surface area contributed by atoms with Crippen molar-refractivity contribution in [3.8, 4) is 0 Å². The van der Waals surface area contributed by atoms with E-state index in [1.807, 2.05) is 43.1 Å². The Labute approximate surface area is 154 Å². The largest absolute Gasteiger partial charge is 0.323 e. The maximum absolute atomic E-state index is 13.0. The summed E-state index contributed by atoms with van der Waals surface area (Å²) in [4.78, 5) is 28.6. The lowest BCUT2D eigenvalue weighted by Gasteiger charge is -2.33. The van der Waals surface area contributed by atoms with Gasteiger partial charge >= 0.3 is 0 Å². The number of anilines is 2. The fraction of sp³-hybridized carbons (Fsp3) is 0.333. The first-order chi connectivity index (χ1) is 12.5. The second-order valence-electron chi connectivity index (χ2n) is 6.75. The minimum absolute atomic E-state index is 0.0548. The lowest BCUT2D eigenvalue weighted by molar-refractivity contribution is -0.125. The highest BCUT2D eigenvalue weighted by Crippen LogP contribution is 2.29. The summed E-state index contributed by atoms with van der Waals surface area (Å²) in [6.45, 7) is 4.75. The Bertz CT molecular complexity index is 801. The van der Waals surface area contributed by atoms with Crippen molar-refractivity contribution in [2.24, 2.45) is 0 Å². The van der Waals surface area contributed by atoms with Gasteiger partial charge in [0.1, 0.15) is 6.54 Å². The number of fused-ring (bicyclic) bond motifs is 1. The number of rotatable bonds is 5. The van der Waals surface area contributed by atoms with E-state index in [4.69, 9.17) is 0 Å². The maximum atomic E-state index is 13.0. The molecule has 2 amide bonds. The monoisotopic (exact) mass is 351 g/mol. The van der Waals surface area contributed by atoms with Gasteiger partial charge in [-0.2, -0.15) is 0 Å². The number of amides is 2. The minimum atomic E-state index is -0.334. The number of aryl methyl sites for hydroxylation is 1. The smallest absolute Gasteiger partial charge is 0.244 e. The second-order valence-corrected chi connectivity index (χ2v) is 6.75. The summed E-state index contributed by atoms with van der Waals surface area (Å²) < 4.78 is 0. The SMILES string of the molecule is CCc1ccc(CN(C)[C@H](C)C(=O)N2CC(=O)Nc3ccccc32)cc1. The Kier molecular flexibility index (Phi) is 5.38. The molecule has 2 aromatic carbocycles. The molecule has 26 heavy (non-hydrogen) atoms. The molecule has 0 saturated heterocycles. The summed E-state index contributed by atoms with van der Waals surface area (Å²) in [6, 6.07) is 15.5. The second kappa shape index (κ2) is 7.70. The molecule has 5 heteroatoms. The van der Waals surface area contributed by atoms with Crippen LogP contribution in [-0.2, 0) is 22.6 Å². The summed E-state index contributed by atoms with van der Waals surface area (Å²) >= 11 is 0. The van der Waals surface area contributed by atoms with Gasteiger partial charge in [0.2, 0.25) is 11.8 Å². The number of hydrogen-bond acceptors (Lipinski definition) is 3. The van der Waals surface area contributed by atoms with Crippen LogP contribution in [0.15, 0.2) is 48.5 Å². The van der Waals surface area contributed by atoms with Crippen LogP contribution in [0.4, 0.5) is 11.4 Å². The van der Waals surface area contributed by atoms with Gasteiger partial charge in [-0.3, -0.25) is 19.4 Å². The van der Waals surface area contributed by atoms with Crippen molar-refractivity contribution in [2.45, 2.75) is 32.9 Å². The lowest BCUT2D eigenvalue weighted by atomic mass is 10.1. The normalized spacial score (nSPS) is 14.8. The predicted octanol–water partition coefficient (Wildman–Crippen LogP) is 3.05. The van der Waals surface area contributed by atoms with Gasteiger partial charge in [-0.15, -0.1) is 0 Å². The van der Waals surface area contributed by atoms with E-state index < -0.39 is 0 Å². The van der Waals surface area contributed by atoms with Gasteiger partial charge in [-0.25, -0.2) is 0 Å². The summed E-state index contributed by atoms with van der Waals surface area (Å²) in [7, 11) is 1.94. The molecule has 5 nitrogen and oxygen atoms in total. The van der Waals surface area contributed by atoms with E-state index in [0.29, 0.717) is 12.2 Å². The third-order valence-electron chi connectivity index (χ3n) is 4.92. The topological polar surface area (TPSA) is 52.7 Å². The van der Waals surface area contributed by atoms with Crippen LogP contribution in [0.3, 0.4) is 0 Å². The fourth-order valence-corrected chi connectivity index (χ4v) is 3.15. The zero-order chi connectivity index (χ0) is 18.7. The zero-order valence-electron chi connectivity index (χ0n) is 15.5. The van der Waals surface area contributed by atoms with Crippen molar-refractivity contribution >= 4 is 23.2 Å². The number of nitrogens with one attached hydrogen (secondary N) is 1. The minimum Gasteiger partial charge on any atom is -0.323 e. The highest BCUT2D eigenvalue weighted by atomic mass is 16.2. The van der Waals surface area contributed by atoms with Gasteiger partial charge < -0.3 is 5.32 Å². The van der Waals surface area contributed by atoms with E-state index in [2.05, 4.69) is 36.5 Å². The molecule has 2 aromatic rings. The first-order valence-electron chi connectivity index (χ1n) is 8.98. The van der Waals surface area contributed by atoms with Gasteiger partial charge in [0.05, 0.1) is 17.4 Å². The van der Waals surface area contributed by atoms with Gasteiger partial charge in [0.15, 0.2) is 0 Å². The van der Waals surface area contributed by atoms with Gasteiger partial charge in [0, 0.05) is 6.54 Å². The molecule has 1 heterocycles. The average molecular weight is 351 g/mol. The molecule has 0 aromatic heterocycles. The van der Waals surface area contributed by atoms with E-state index in [1.54, 1.807) is 4.90 Å². The van der Waals surface area contributed by atoms with Crippen LogP contribution < -0.4 is 10.2 Å². The van der Waals surface area contributed by atoms with Gasteiger partial charge in [-0.1, -0.05) is 43.3 Å². The molecule has 0 unspecified atom stereocenters. The van der Waals surface area contributed by atoms with Crippen LogP contribution in [0.5, 0.6) is 0 Å². The lowest BCUT2D eigenvalue weighted by Crippen LogP contribution is -2.50. The fourth-order valence-electron chi connectivity index (χ4n) is 3.15. The van der Waals surface area contributed by atoms with Crippen LogP contribution in [0.2, 0.25) is 0 Å². The number of para-hydroxylation sites is 2. The summed E-state index contributed by atoms with van der Waals surface area (Å²) in [5.74, 6) is -0.234. The Morgan fingerprint density at radius 2 is 1.81 bits per heavy atom. The number of carbonyl (C=O) groups is 2. The van der Waals surface area contributed by atoms with E-state index in [0.717, 1.165) is 12.1 Å². The molecule has 1 aliphatic heterocycles. The first-order valence-corrected chi connectivity index (χ1v) is 8.98. The molecule has 0 radical (unpaired) electrons. The Morgan fingerprint density at radius 3 is 2.50 bits per heavy atom. The van der Waals surface area contributed by atoms with E-state index in [1.165, 1.54) is 11.1 Å². The number of carbonyl (C=O) groups excluding carboxylic acids is 2. The number of nitrogens with zero attached hydrogens (tertiary/aromatic N) is 2. The maximum Gasteiger partial charge on any atom is 0.244 e. The van der Waals surface area contributed by atoms with Crippen molar-refractivity contribution in [1.82, 2.24) is 4.90 Å². The van der Waals surface area contributed by atoms with Crippen molar-refractivity contribution < 1.29 is 9.59 Å². The highest BCUT2D eigenvalue weighted by Gasteiger charge is 2.31. The van der Waals surface area contributed by atoms with Crippen molar-refractivity contribution in [1.29, 1.82) is 0 Å². The van der Waals surface area contributed by atoms with E-state index in [-0.39, 0.29) is 24.4 Å². The van der Waals surface area contributed by atoms with Gasteiger partial charge in [0.25, 0.3) is 0 Å². The molecular weight excluding hydrogens is 326 g/mol. The molecule has 1 atom stereocenters. The number of likely N-dealkylation sites (N-methyl/N-ethyl adjacent to an activating group) is 1. The van der Waals surface area contributed by atoms with Crippen molar-refractivity contribution in [3.05, 3.63) is 59.7 Å². The Morgan fingerprint density at radius 1 is 1.15 bits per heavy atom.